The molecule has 0 bridgehead atoms. The van der Waals surface area contributed by atoms with Gasteiger partial charge in [0.1, 0.15) is 0 Å². The predicted octanol–water partition coefficient (Wildman–Crippen LogP) is 2.63. The lowest BCUT2D eigenvalue weighted by molar-refractivity contribution is -0.144. The largest absolute Gasteiger partial charge is 0.346 e. The third kappa shape index (κ3) is 3.06. The third-order valence-electron chi connectivity index (χ3n) is 3.59. The van der Waals surface area contributed by atoms with Crippen molar-refractivity contribution in [2.75, 3.05) is 0 Å². The van der Waals surface area contributed by atoms with Crippen molar-refractivity contribution in [2.45, 2.75) is 38.8 Å². The monoisotopic (exact) mass is 306 g/mol. The molecule has 0 saturated carbocycles. The second kappa shape index (κ2) is 5.72. The molecule has 0 fully saturated rings. The number of halogens is 2. The number of alkyl halides is 2. The molecule has 7 heteroatoms. The summed E-state index contributed by atoms with van der Waals surface area (Å²) in [4.78, 5) is 11.4. The van der Waals surface area contributed by atoms with E-state index < -0.39 is 17.9 Å². The van der Waals surface area contributed by atoms with E-state index in [0.29, 0.717) is 12.5 Å². The van der Waals surface area contributed by atoms with Crippen LogP contribution in [0.2, 0.25) is 0 Å². The highest BCUT2D eigenvalue weighted by Gasteiger charge is 2.34. The molecule has 2 atom stereocenters. The van der Waals surface area contributed by atoms with Crippen LogP contribution in [0, 0.1) is 11.3 Å². The average molecular weight is 306 g/mol. The maximum absolute atomic E-state index is 13.0. The molecule has 1 amide bonds. The van der Waals surface area contributed by atoms with Crippen LogP contribution >= 0.6 is 0 Å². The summed E-state index contributed by atoms with van der Waals surface area (Å²) in [7, 11) is 0. The molecule has 116 valence electrons. The zero-order valence-corrected chi connectivity index (χ0v) is 12.5. The number of nitriles is 1. The molecule has 0 radical (unpaired) electrons. The van der Waals surface area contributed by atoms with Gasteiger partial charge in [-0.1, -0.05) is 0 Å². The molecule has 0 aliphatic heterocycles. The molecule has 1 N–H and O–H groups in total. The van der Waals surface area contributed by atoms with Gasteiger partial charge in [-0.15, -0.1) is 0 Å². The molecule has 2 rings (SSSR count). The van der Waals surface area contributed by atoms with Crippen LogP contribution in [0.3, 0.4) is 0 Å². The van der Waals surface area contributed by atoms with E-state index in [1.807, 2.05) is 6.07 Å². The average Bonchev–Trinajstić information content (AvgIpc) is 2.87. The fourth-order valence-corrected chi connectivity index (χ4v) is 2.11. The van der Waals surface area contributed by atoms with Crippen molar-refractivity contribution in [3.05, 3.63) is 30.0 Å². The van der Waals surface area contributed by atoms with Gasteiger partial charge in [0.25, 0.3) is 5.91 Å². The first-order chi connectivity index (χ1) is 10.2. The highest BCUT2D eigenvalue weighted by molar-refractivity contribution is 5.83. The SMILES string of the molecule is C[C@H]([C@@H](C)NC(=O)C(C)(F)F)n1ncc2cc(C#N)ccc21. The number of amides is 1. The lowest BCUT2D eigenvalue weighted by Crippen LogP contribution is -2.45. The highest BCUT2D eigenvalue weighted by atomic mass is 19.3. The Kier molecular flexibility index (Phi) is 4.13. The number of nitrogens with one attached hydrogen (secondary N) is 1. The zero-order valence-electron chi connectivity index (χ0n) is 12.5. The van der Waals surface area contributed by atoms with Crippen molar-refractivity contribution >= 4 is 16.8 Å². The van der Waals surface area contributed by atoms with Crippen LogP contribution in [0.5, 0.6) is 0 Å². The van der Waals surface area contributed by atoms with E-state index in [0.717, 1.165) is 10.9 Å². The molecule has 5 nitrogen and oxygen atoms in total. The fraction of sp³-hybridized carbons (Fsp3) is 0.400. The Morgan fingerprint density at radius 2 is 2.14 bits per heavy atom. The number of nitrogens with zero attached hydrogens (tertiary/aromatic N) is 3. The molecule has 2 aromatic rings. The van der Waals surface area contributed by atoms with Gasteiger partial charge in [0.05, 0.1) is 29.4 Å². The number of benzene rings is 1. The number of hydrogen-bond acceptors (Lipinski definition) is 3. The quantitative estimate of drug-likeness (QED) is 0.944. The Labute approximate surface area is 126 Å². The van der Waals surface area contributed by atoms with E-state index in [9.17, 15) is 13.6 Å². The summed E-state index contributed by atoms with van der Waals surface area (Å²) in [5.74, 6) is -4.72. The van der Waals surface area contributed by atoms with E-state index >= 15 is 0 Å². The fourth-order valence-electron chi connectivity index (χ4n) is 2.11. The Bertz CT molecular complexity index is 742. The van der Waals surface area contributed by atoms with Gasteiger partial charge < -0.3 is 5.32 Å². The maximum atomic E-state index is 13.0. The number of fused-ring (bicyclic) bond motifs is 1. The maximum Gasteiger partial charge on any atom is 0.321 e. The van der Waals surface area contributed by atoms with Crippen molar-refractivity contribution in [1.29, 1.82) is 5.26 Å². The van der Waals surface area contributed by atoms with Crippen molar-refractivity contribution in [1.82, 2.24) is 15.1 Å². The number of hydrogen-bond donors (Lipinski definition) is 1. The summed E-state index contributed by atoms with van der Waals surface area (Å²) in [5, 5.41) is 16.2. The number of aromatic nitrogens is 2. The molecule has 0 aliphatic carbocycles. The molecule has 22 heavy (non-hydrogen) atoms. The van der Waals surface area contributed by atoms with E-state index in [1.54, 1.807) is 42.9 Å². The molecular formula is C15H16F2N4O. The summed E-state index contributed by atoms with van der Waals surface area (Å²) in [6.45, 7) is 3.99. The molecule has 0 unspecified atom stereocenters. The first kappa shape index (κ1) is 15.9. The number of carbonyl (C=O) groups excluding carboxylic acids is 1. The van der Waals surface area contributed by atoms with Crippen molar-refractivity contribution < 1.29 is 13.6 Å². The minimum atomic E-state index is -3.41. The summed E-state index contributed by atoms with van der Waals surface area (Å²) in [6, 6.07) is 6.31. The van der Waals surface area contributed by atoms with Crippen LogP contribution < -0.4 is 5.32 Å². The summed E-state index contributed by atoms with van der Waals surface area (Å²) in [5.41, 5.74) is 1.29. The van der Waals surface area contributed by atoms with E-state index in [4.69, 9.17) is 5.26 Å². The van der Waals surface area contributed by atoms with Gasteiger partial charge in [0, 0.05) is 18.4 Å². The lowest BCUT2D eigenvalue weighted by atomic mass is 10.1. The smallest absolute Gasteiger partial charge is 0.321 e. The second-order valence-corrected chi connectivity index (χ2v) is 5.37. The van der Waals surface area contributed by atoms with Gasteiger partial charge in [-0.2, -0.15) is 19.1 Å². The molecule has 1 aromatic heterocycles. The van der Waals surface area contributed by atoms with Crippen LogP contribution in [-0.2, 0) is 4.79 Å². The second-order valence-electron chi connectivity index (χ2n) is 5.37. The minimum Gasteiger partial charge on any atom is -0.346 e. The van der Waals surface area contributed by atoms with Crippen molar-refractivity contribution in [3.63, 3.8) is 0 Å². The predicted molar refractivity (Wildman–Crippen MR) is 77.4 cm³/mol. The lowest BCUT2D eigenvalue weighted by Gasteiger charge is -2.24. The zero-order chi connectivity index (χ0) is 16.5. The summed E-state index contributed by atoms with van der Waals surface area (Å²) >= 11 is 0. The summed E-state index contributed by atoms with van der Waals surface area (Å²) in [6.07, 6.45) is 1.61. The Morgan fingerprint density at radius 1 is 1.45 bits per heavy atom. The Balaban J connectivity index is 2.24. The molecule has 0 saturated heterocycles. The summed E-state index contributed by atoms with van der Waals surface area (Å²) < 4.78 is 27.6. The third-order valence-corrected chi connectivity index (χ3v) is 3.59. The number of rotatable bonds is 4. The van der Waals surface area contributed by atoms with Gasteiger partial charge in [-0.25, -0.2) is 0 Å². The normalized spacial score (nSPS) is 14.4. The van der Waals surface area contributed by atoms with Crippen LogP contribution in [-0.4, -0.2) is 27.7 Å². The van der Waals surface area contributed by atoms with Gasteiger partial charge >= 0.3 is 5.92 Å². The molecule has 1 heterocycles. The van der Waals surface area contributed by atoms with Crippen molar-refractivity contribution in [3.8, 4) is 6.07 Å². The highest BCUT2D eigenvalue weighted by Crippen LogP contribution is 2.21. The van der Waals surface area contributed by atoms with Crippen LogP contribution in [0.1, 0.15) is 32.4 Å². The van der Waals surface area contributed by atoms with Crippen molar-refractivity contribution in [2.24, 2.45) is 0 Å². The van der Waals surface area contributed by atoms with Crippen LogP contribution in [0.25, 0.3) is 10.9 Å². The Hall–Kier alpha value is -2.49. The van der Waals surface area contributed by atoms with Gasteiger partial charge in [-0.3, -0.25) is 9.48 Å². The van der Waals surface area contributed by atoms with Crippen LogP contribution in [0.15, 0.2) is 24.4 Å². The number of carbonyl (C=O) groups is 1. The topological polar surface area (TPSA) is 70.7 Å². The first-order valence-electron chi connectivity index (χ1n) is 6.80. The van der Waals surface area contributed by atoms with E-state index in [-0.39, 0.29) is 6.04 Å². The Morgan fingerprint density at radius 3 is 2.73 bits per heavy atom. The molecule has 1 aromatic carbocycles. The van der Waals surface area contributed by atoms with Gasteiger partial charge in [0.15, 0.2) is 0 Å². The first-order valence-corrected chi connectivity index (χ1v) is 6.80. The van der Waals surface area contributed by atoms with Crippen LogP contribution in [0.4, 0.5) is 8.78 Å². The molecular weight excluding hydrogens is 290 g/mol. The standard InChI is InChI=1S/C15H16F2N4O/c1-9(20-14(22)15(3,16)17)10(2)21-13-5-4-11(7-18)6-12(13)8-19-21/h4-6,8-10H,1-3H3,(H,20,22)/t9-,10-/m1/s1. The van der Waals surface area contributed by atoms with Gasteiger partial charge in [0.2, 0.25) is 0 Å². The van der Waals surface area contributed by atoms with E-state index in [2.05, 4.69) is 10.4 Å². The molecule has 0 aliphatic rings. The van der Waals surface area contributed by atoms with E-state index in [1.165, 1.54) is 0 Å². The van der Waals surface area contributed by atoms with Gasteiger partial charge in [-0.05, 0) is 32.0 Å². The minimum absolute atomic E-state index is 0.322. The molecule has 0 spiro atoms.